The number of pyridine rings is 1. The van der Waals surface area contributed by atoms with Crippen LogP contribution in [0.15, 0.2) is 29.2 Å². The Balaban J connectivity index is 3.01. The molecular formula is C10H8FNO. The fourth-order valence-corrected chi connectivity index (χ4v) is 1.38. The normalized spacial score (nSPS) is 10.6. The van der Waals surface area contributed by atoms with Gasteiger partial charge in [-0.15, -0.1) is 0 Å². The van der Waals surface area contributed by atoms with Gasteiger partial charge in [0.2, 0.25) is 0 Å². The van der Waals surface area contributed by atoms with Crippen LogP contribution in [0.2, 0.25) is 0 Å². The number of aryl methyl sites for hydroxylation is 1. The fraction of sp³-hybridized carbons (Fsp3) is 0.100. The lowest BCUT2D eigenvalue weighted by Crippen LogP contribution is -2.06. The van der Waals surface area contributed by atoms with Crippen molar-refractivity contribution in [1.82, 2.24) is 4.98 Å². The molecule has 1 N–H and O–H groups in total. The molecular weight excluding hydrogens is 169 g/mol. The SMILES string of the molecule is Cc1c[nH]c(=O)c2cc(F)ccc12. The van der Waals surface area contributed by atoms with Crippen molar-refractivity contribution in [1.29, 1.82) is 0 Å². The standard InChI is InChI=1S/C10H8FNO/c1-6-5-12-10(13)9-4-7(11)2-3-8(6)9/h2-5H,1H3,(H,12,13). The Morgan fingerprint density at radius 2 is 2.08 bits per heavy atom. The van der Waals surface area contributed by atoms with Crippen LogP contribution >= 0.6 is 0 Å². The lowest BCUT2D eigenvalue weighted by atomic mass is 10.1. The van der Waals surface area contributed by atoms with Crippen LogP contribution in [0.25, 0.3) is 10.8 Å². The maximum absolute atomic E-state index is 12.8. The largest absolute Gasteiger partial charge is 0.328 e. The smallest absolute Gasteiger partial charge is 0.255 e. The lowest BCUT2D eigenvalue weighted by molar-refractivity contribution is 0.629. The predicted octanol–water partition coefficient (Wildman–Crippen LogP) is 1.98. The van der Waals surface area contributed by atoms with Gasteiger partial charge in [0.25, 0.3) is 5.56 Å². The van der Waals surface area contributed by atoms with Crippen molar-refractivity contribution in [2.24, 2.45) is 0 Å². The lowest BCUT2D eigenvalue weighted by Gasteiger charge is -1.99. The predicted molar refractivity (Wildman–Crippen MR) is 49.3 cm³/mol. The molecule has 0 aliphatic rings. The monoisotopic (exact) mass is 177 g/mol. The van der Waals surface area contributed by atoms with Gasteiger partial charge in [-0.05, 0) is 30.0 Å². The number of fused-ring (bicyclic) bond motifs is 1. The second-order valence-corrected chi connectivity index (χ2v) is 2.99. The van der Waals surface area contributed by atoms with Gasteiger partial charge in [0, 0.05) is 6.20 Å². The average Bonchev–Trinajstić information content (AvgIpc) is 2.12. The minimum absolute atomic E-state index is 0.250. The molecule has 0 bridgehead atoms. The van der Waals surface area contributed by atoms with Crippen LogP contribution in [0.4, 0.5) is 4.39 Å². The van der Waals surface area contributed by atoms with Crippen LogP contribution in [0.5, 0.6) is 0 Å². The van der Waals surface area contributed by atoms with Crippen LogP contribution < -0.4 is 5.56 Å². The Hall–Kier alpha value is -1.64. The molecule has 2 aromatic rings. The summed E-state index contributed by atoms with van der Waals surface area (Å²) >= 11 is 0. The molecule has 2 rings (SSSR count). The van der Waals surface area contributed by atoms with Crippen molar-refractivity contribution in [3.8, 4) is 0 Å². The minimum atomic E-state index is -0.386. The van der Waals surface area contributed by atoms with Gasteiger partial charge in [0.15, 0.2) is 0 Å². The first-order chi connectivity index (χ1) is 6.18. The van der Waals surface area contributed by atoms with E-state index < -0.39 is 0 Å². The number of aromatic nitrogens is 1. The fourth-order valence-electron chi connectivity index (χ4n) is 1.38. The summed E-state index contributed by atoms with van der Waals surface area (Å²) in [5.74, 6) is -0.386. The van der Waals surface area contributed by atoms with E-state index >= 15 is 0 Å². The van der Waals surface area contributed by atoms with E-state index in [9.17, 15) is 9.18 Å². The van der Waals surface area contributed by atoms with Gasteiger partial charge < -0.3 is 4.98 Å². The van der Waals surface area contributed by atoms with E-state index in [2.05, 4.69) is 4.98 Å². The van der Waals surface area contributed by atoms with E-state index in [4.69, 9.17) is 0 Å². The number of rotatable bonds is 0. The van der Waals surface area contributed by atoms with Gasteiger partial charge in [0.05, 0.1) is 5.39 Å². The Labute approximate surface area is 74.0 Å². The highest BCUT2D eigenvalue weighted by atomic mass is 19.1. The summed E-state index contributed by atoms with van der Waals surface area (Å²) in [6.45, 7) is 1.87. The maximum atomic E-state index is 12.8. The number of hydrogen-bond donors (Lipinski definition) is 1. The number of benzene rings is 1. The van der Waals surface area contributed by atoms with Crippen LogP contribution in [-0.2, 0) is 0 Å². The van der Waals surface area contributed by atoms with Gasteiger partial charge in [-0.3, -0.25) is 4.79 Å². The Morgan fingerprint density at radius 3 is 2.85 bits per heavy atom. The number of H-pyrrole nitrogens is 1. The van der Waals surface area contributed by atoms with Crippen LogP contribution in [0.3, 0.4) is 0 Å². The zero-order chi connectivity index (χ0) is 9.42. The van der Waals surface area contributed by atoms with Gasteiger partial charge in [-0.25, -0.2) is 4.39 Å². The Kier molecular flexibility index (Phi) is 1.65. The molecule has 1 aromatic carbocycles. The molecule has 0 spiro atoms. The molecule has 0 aliphatic carbocycles. The van der Waals surface area contributed by atoms with Crippen molar-refractivity contribution in [2.75, 3.05) is 0 Å². The molecule has 2 nitrogen and oxygen atoms in total. The summed E-state index contributed by atoms with van der Waals surface area (Å²) in [4.78, 5) is 13.8. The summed E-state index contributed by atoms with van der Waals surface area (Å²) < 4.78 is 12.8. The molecule has 0 fully saturated rings. The zero-order valence-electron chi connectivity index (χ0n) is 7.10. The van der Waals surface area contributed by atoms with Crippen molar-refractivity contribution < 1.29 is 4.39 Å². The average molecular weight is 177 g/mol. The molecule has 0 saturated carbocycles. The summed E-state index contributed by atoms with van der Waals surface area (Å²) in [5, 5.41) is 1.20. The van der Waals surface area contributed by atoms with E-state index in [1.54, 1.807) is 12.3 Å². The molecule has 0 aliphatic heterocycles. The molecule has 0 amide bonds. The summed E-state index contributed by atoms with van der Waals surface area (Å²) in [6.07, 6.45) is 1.63. The van der Waals surface area contributed by atoms with E-state index in [1.807, 2.05) is 6.92 Å². The molecule has 0 radical (unpaired) electrons. The van der Waals surface area contributed by atoms with E-state index in [0.29, 0.717) is 5.39 Å². The summed E-state index contributed by atoms with van der Waals surface area (Å²) in [5.41, 5.74) is 0.690. The van der Waals surface area contributed by atoms with Gasteiger partial charge >= 0.3 is 0 Å². The summed E-state index contributed by atoms with van der Waals surface area (Å²) in [7, 11) is 0. The van der Waals surface area contributed by atoms with Crippen molar-refractivity contribution in [3.05, 3.63) is 46.1 Å². The molecule has 66 valence electrons. The molecule has 0 unspecified atom stereocenters. The quantitative estimate of drug-likeness (QED) is 0.655. The highest BCUT2D eigenvalue weighted by Crippen LogP contribution is 2.14. The topological polar surface area (TPSA) is 32.9 Å². The number of halogens is 1. The summed E-state index contributed by atoms with van der Waals surface area (Å²) in [6, 6.07) is 4.23. The third kappa shape index (κ3) is 1.22. The first-order valence-electron chi connectivity index (χ1n) is 3.96. The highest BCUT2D eigenvalue weighted by Gasteiger charge is 2.01. The van der Waals surface area contributed by atoms with E-state index in [0.717, 1.165) is 10.9 Å². The molecule has 13 heavy (non-hydrogen) atoms. The van der Waals surface area contributed by atoms with Gasteiger partial charge in [0.1, 0.15) is 5.82 Å². The molecule has 1 aromatic heterocycles. The third-order valence-corrected chi connectivity index (χ3v) is 2.07. The Bertz CT molecular complexity index is 516. The second-order valence-electron chi connectivity index (χ2n) is 2.99. The Morgan fingerprint density at radius 1 is 1.31 bits per heavy atom. The number of hydrogen-bond acceptors (Lipinski definition) is 1. The molecule has 3 heteroatoms. The van der Waals surface area contributed by atoms with Crippen LogP contribution in [0, 0.1) is 12.7 Å². The third-order valence-electron chi connectivity index (χ3n) is 2.07. The highest BCUT2D eigenvalue weighted by molar-refractivity contribution is 5.84. The maximum Gasteiger partial charge on any atom is 0.255 e. The first-order valence-corrected chi connectivity index (χ1v) is 3.96. The number of aromatic amines is 1. The molecule has 0 saturated heterocycles. The van der Waals surface area contributed by atoms with E-state index in [1.165, 1.54) is 12.1 Å². The van der Waals surface area contributed by atoms with Crippen LogP contribution in [0.1, 0.15) is 5.56 Å². The zero-order valence-corrected chi connectivity index (χ0v) is 7.10. The van der Waals surface area contributed by atoms with Gasteiger partial charge in [-0.1, -0.05) is 6.07 Å². The van der Waals surface area contributed by atoms with E-state index in [-0.39, 0.29) is 11.4 Å². The second kappa shape index (κ2) is 2.69. The molecule has 1 heterocycles. The van der Waals surface area contributed by atoms with Crippen molar-refractivity contribution in [2.45, 2.75) is 6.92 Å². The van der Waals surface area contributed by atoms with Gasteiger partial charge in [-0.2, -0.15) is 0 Å². The molecule has 0 atom stereocenters. The van der Waals surface area contributed by atoms with Crippen molar-refractivity contribution in [3.63, 3.8) is 0 Å². The van der Waals surface area contributed by atoms with Crippen LogP contribution in [-0.4, -0.2) is 4.98 Å². The number of nitrogens with one attached hydrogen (secondary N) is 1. The minimum Gasteiger partial charge on any atom is -0.328 e. The first kappa shape index (κ1) is 7.98. The van der Waals surface area contributed by atoms with Crippen molar-refractivity contribution >= 4 is 10.8 Å².